The molecule has 24 heavy (non-hydrogen) atoms. The molecular formula is C17H24FIN4S. The van der Waals surface area contributed by atoms with Crippen molar-refractivity contribution in [2.75, 3.05) is 13.6 Å². The summed E-state index contributed by atoms with van der Waals surface area (Å²) in [6, 6.07) is 5.26. The Morgan fingerprint density at radius 3 is 2.75 bits per heavy atom. The molecule has 2 aromatic rings. The molecule has 4 nitrogen and oxygen atoms in total. The third-order valence-corrected chi connectivity index (χ3v) is 4.70. The van der Waals surface area contributed by atoms with Gasteiger partial charge in [0.05, 0.1) is 5.01 Å². The highest BCUT2D eigenvalue weighted by atomic mass is 127. The van der Waals surface area contributed by atoms with E-state index < -0.39 is 0 Å². The molecule has 0 bridgehead atoms. The van der Waals surface area contributed by atoms with Gasteiger partial charge in [0, 0.05) is 37.6 Å². The number of rotatable bonds is 6. The summed E-state index contributed by atoms with van der Waals surface area (Å²) in [5.41, 5.74) is 1.55. The Labute approximate surface area is 164 Å². The Bertz CT molecular complexity index is 672. The van der Waals surface area contributed by atoms with Crippen LogP contribution in [0.3, 0.4) is 0 Å². The van der Waals surface area contributed by atoms with E-state index in [1.54, 1.807) is 37.4 Å². The Kier molecular flexibility index (Phi) is 9.20. The predicted octanol–water partition coefficient (Wildman–Crippen LogP) is 3.68. The van der Waals surface area contributed by atoms with Gasteiger partial charge < -0.3 is 10.6 Å². The first-order chi connectivity index (χ1) is 11.1. The summed E-state index contributed by atoms with van der Waals surface area (Å²) in [5.74, 6) is 0.529. The molecular weight excluding hydrogens is 438 g/mol. The number of hydrogen-bond donors (Lipinski definition) is 2. The molecule has 0 aliphatic heterocycles. The zero-order chi connectivity index (χ0) is 16.7. The molecule has 0 saturated heterocycles. The van der Waals surface area contributed by atoms with Gasteiger partial charge in [0.25, 0.3) is 0 Å². The summed E-state index contributed by atoms with van der Waals surface area (Å²) in [4.78, 5) is 9.89. The van der Waals surface area contributed by atoms with Crippen LogP contribution in [0.15, 0.2) is 29.4 Å². The molecule has 0 amide bonds. The first-order valence-corrected chi connectivity index (χ1v) is 8.57. The molecule has 1 aromatic carbocycles. The Hall–Kier alpha value is -1.22. The largest absolute Gasteiger partial charge is 0.356 e. The van der Waals surface area contributed by atoms with Gasteiger partial charge in [0.1, 0.15) is 5.82 Å². The standard InChI is InChI=1S/C17H23FN4S.HI/c1-4-14-11-21-16(23-14)7-8-20-17(19-3)22-10-13-6-5-12(2)15(18)9-13;/h5-6,9,11H,4,7-8,10H2,1-3H3,(H2,19,20,22);1H. The number of hydrogen-bond acceptors (Lipinski definition) is 3. The van der Waals surface area contributed by atoms with Crippen molar-refractivity contribution in [1.82, 2.24) is 15.6 Å². The second kappa shape index (κ2) is 10.6. The van der Waals surface area contributed by atoms with E-state index in [9.17, 15) is 4.39 Å². The van der Waals surface area contributed by atoms with Crippen LogP contribution in [0.2, 0.25) is 0 Å². The van der Waals surface area contributed by atoms with E-state index >= 15 is 0 Å². The Balaban J connectivity index is 0.00000288. The minimum atomic E-state index is -0.178. The van der Waals surface area contributed by atoms with Crippen LogP contribution in [0, 0.1) is 12.7 Å². The molecule has 0 aliphatic rings. The van der Waals surface area contributed by atoms with Gasteiger partial charge >= 0.3 is 0 Å². The van der Waals surface area contributed by atoms with Gasteiger partial charge in [-0.05, 0) is 30.5 Å². The second-order valence-electron chi connectivity index (χ2n) is 5.26. The van der Waals surface area contributed by atoms with E-state index in [2.05, 4.69) is 27.5 Å². The molecule has 0 spiro atoms. The summed E-state index contributed by atoms with van der Waals surface area (Å²) < 4.78 is 13.5. The van der Waals surface area contributed by atoms with Crippen molar-refractivity contribution >= 4 is 41.3 Å². The molecule has 2 N–H and O–H groups in total. The Morgan fingerprint density at radius 2 is 2.12 bits per heavy atom. The average Bonchev–Trinajstić information content (AvgIpc) is 3.02. The molecule has 0 aliphatic carbocycles. The van der Waals surface area contributed by atoms with Crippen LogP contribution < -0.4 is 10.6 Å². The summed E-state index contributed by atoms with van der Waals surface area (Å²) in [7, 11) is 1.73. The third-order valence-electron chi connectivity index (χ3n) is 3.50. The minimum absolute atomic E-state index is 0. The van der Waals surface area contributed by atoms with Crippen molar-refractivity contribution in [2.24, 2.45) is 4.99 Å². The highest BCUT2D eigenvalue weighted by Crippen LogP contribution is 2.13. The van der Waals surface area contributed by atoms with Crippen LogP contribution in [0.5, 0.6) is 0 Å². The number of guanidine groups is 1. The maximum atomic E-state index is 13.5. The van der Waals surface area contributed by atoms with Crippen molar-refractivity contribution < 1.29 is 4.39 Å². The topological polar surface area (TPSA) is 49.3 Å². The lowest BCUT2D eigenvalue weighted by molar-refractivity contribution is 0.615. The molecule has 0 saturated carbocycles. The third kappa shape index (κ3) is 6.35. The summed E-state index contributed by atoms with van der Waals surface area (Å²) in [6.45, 7) is 5.19. The SMILES string of the molecule is CCc1cnc(CCNC(=NC)NCc2ccc(C)c(F)c2)s1.I. The van der Waals surface area contributed by atoms with E-state index in [0.29, 0.717) is 18.1 Å². The number of benzene rings is 1. The van der Waals surface area contributed by atoms with E-state index in [4.69, 9.17) is 0 Å². The predicted molar refractivity (Wildman–Crippen MR) is 110 cm³/mol. The summed E-state index contributed by atoms with van der Waals surface area (Å²) in [6.07, 6.45) is 3.84. The number of aliphatic imine (C=N–C) groups is 1. The fourth-order valence-electron chi connectivity index (χ4n) is 2.07. The highest BCUT2D eigenvalue weighted by Gasteiger charge is 2.03. The van der Waals surface area contributed by atoms with Crippen LogP contribution >= 0.6 is 35.3 Å². The van der Waals surface area contributed by atoms with Gasteiger partial charge in [0.2, 0.25) is 0 Å². The lowest BCUT2D eigenvalue weighted by atomic mass is 10.1. The van der Waals surface area contributed by atoms with Crippen molar-refractivity contribution in [3.05, 3.63) is 51.2 Å². The summed E-state index contributed by atoms with van der Waals surface area (Å²) >= 11 is 1.75. The second-order valence-corrected chi connectivity index (χ2v) is 6.46. The van der Waals surface area contributed by atoms with Crippen molar-refractivity contribution in [2.45, 2.75) is 33.2 Å². The van der Waals surface area contributed by atoms with Gasteiger partial charge in [-0.2, -0.15) is 0 Å². The van der Waals surface area contributed by atoms with Crippen molar-refractivity contribution in [3.63, 3.8) is 0 Å². The molecule has 132 valence electrons. The van der Waals surface area contributed by atoms with Crippen LogP contribution in [-0.4, -0.2) is 24.5 Å². The van der Waals surface area contributed by atoms with Gasteiger partial charge in [-0.1, -0.05) is 19.1 Å². The van der Waals surface area contributed by atoms with Crippen LogP contribution in [0.25, 0.3) is 0 Å². The highest BCUT2D eigenvalue weighted by molar-refractivity contribution is 14.0. The average molecular weight is 462 g/mol. The van der Waals surface area contributed by atoms with E-state index in [1.807, 2.05) is 12.3 Å². The lowest BCUT2D eigenvalue weighted by Crippen LogP contribution is -2.37. The lowest BCUT2D eigenvalue weighted by Gasteiger charge is -2.11. The molecule has 0 radical (unpaired) electrons. The molecule has 7 heteroatoms. The number of halogens is 2. The van der Waals surface area contributed by atoms with Gasteiger partial charge in [0.15, 0.2) is 5.96 Å². The maximum Gasteiger partial charge on any atom is 0.191 e. The monoisotopic (exact) mass is 462 g/mol. The Morgan fingerprint density at radius 1 is 1.33 bits per heavy atom. The zero-order valence-electron chi connectivity index (χ0n) is 14.2. The van der Waals surface area contributed by atoms with E-state index in [1.165, 1.54) is 4.88 Å². The quantitative estimate of drug-likeness (QED) is 0.391. The van der Waals surface area contributed by atoms with Gasteiger partial charge in [-0.15, -0.1) is 35.3 Å². The number of aryl methyl sites for hydroxylation is 2. The smallest absolute Gasteiger partial charge is 0.191 e. The van der Waals surface area contributed by atoms with E-state index in [-0.39, 0.29) is 29.8 Å². The van der Waals surface area contributed by atoms with Crippen molar-refractivity contribution in [1.29, 1.82) is 0 Å². The van der Waals surface area contributed by atoms with Crippen LogP contribution in [-0.2, 0) is 19.4 Å². The van der Waals surface area contributed by atoms with Crippen LogP contribution in [0.4, 0.5) is 4.39 Å². The molecule has 0 fully saturated rings. The fourth-order valence-corrected chi connectivity index (χ4v) is 2.93. The molecule has 2 rings (SSSR count). The molecule has 1 heterocycles. The molecule has 1 aromatic heterocycles. The number of aromatic nitrogens is 1. The first-order valence-electron chi connectivity index (χ1n) is 7.75. The van der Waals surface area contributed by atoms with E-state index in [0.717, 1.165) is 30.0 Å². The normalized spacial score (nSPS) is 11.1. The van der Waals surface area contributed by atoms with Gasteiger partial charge in [-0.25, -0.2) is 9.37 Å². The molecule has 0 atom stereocenters. The number of thiazole rings is 1. The van der Waals surface area contributed by atoms with Gasteiger partial charge in [-0.3, -0.25) is 4.99 Å². The molecule has 0 unspecified atom stereocenters. The number of nitrogens with zero attached hydrogens (tertiary/aromatic N) is 2. The zero-order valence-corrected chi connectivity index (χ0v) is 17.4. The summed E-state index contributed by atoms with van der Waals surface area (Å²) in [5, 5.41) is 7.57. The number of nitrogens with one attached hydrogen (secondary N) is 2. The van der Waals surface area contributed by atoms with Crippen LogP contribution in [0.1, 0.15) is 27.9 Å². The fraction of sp³-hybridized carbons (Fsp3) is 0.412. The minimum Gasteiger partial charge on any atom is -0.356 e. The first kappa shape index (κ1) is 20.8. The maximum absolute atomic E-state index is 13.5. The van der Waals surface area contributed by atoms with Crippen molar-refractivity contribution in [3.8, 4) is 0 Å².